The average molecular weight is 205 g/mol. The van der Waals surface area contributed by atoms with Crippen LogP contribution in [0.5, 0.6) is 0 Å². The van der Waals surface area contributed by atoms with E-state index in [1.54, 1.807) is 19.1 Å². The van der Waals surface area contributed by atoms with Crippen molar-refractivity contribution in [3.8, 4) is 11.3 Å². The molecule has 0 atom stereocenters. The van der Waals surface area contributed by atoms with E-state index in [4.69, 9.17) is 0 Å². The molecule has 0 bridgehead atoms. The minimum Gasteiger partial charge on any atom is -0.258 e. The van der Waals surface area contributed by atoms with Crippen molar-refractivity contribution >= 4 is 5.69 Å². The summed E-state index contributed by atoms with van der Waals surface area (Å²) in [5.41, 5.74) is 1.78. The summed E-state index contributed by atoms with van der Waals surface area (Å²) in [6.07, 6.45) is 0. The summed E-state index contributed by atoms with van der Waals surface area (Å²) < 4.78 is 4.53. The molecule has 76 valence electrons. The maximum absolute atomic E-state index is 10.6. The highest BCUT2D eigenvalue weighted by atomic mass is 16.6. The van der Waals surface area contributed by atoms with Crippen LogP contribution in [0, 0.1) is 17.0 Å². The van der Waals surface area contributed by atoms with E-state index >= 15 is 0 Å². The number of nitrogens with zero attached hydrogens (tertiary/aromatic N) is 3. The zero-order valence-electron chi connectivity index (χ0n) is 7.88. The summed E-state index contributed by atoms with van der Waals surface area (Å²) in [5.74, 6) is 0. The van der Waals surface area contributed by atoms with E-state index in [2.05, 4.69) is 14.9 Å². The third kappa shape index (κ3) is 1.69. The molecule has 6 heteroatoms. The van der Waals surface area contributed by atoms with Crippen LogP contribution >= 0.6 is 0 Å². The zero-order valence-corrected chi connectivity index (χ0v) is 7.88. The molecular formula is C9H7N3O3. The lowest BCUT2D eigenvalue weighted by molar-refractivity contribution is -0.384. The monoisotopic (exact) mass is 205 g/mol. The van der Waals surface area contributed by atoms with Gasteiger partial charge in [0.1, 0.15) is 11.4 Å². The van der Waals surface area contributed by atoms with Gasteiger partial charge in [0.15, 0.2) is 0 Å². The Morgan fingerprint density at radius 3 is 2.80 bits per heavy atom. The molecule has 0 aliphatic rings. The molecule has 2 aromatic rings. The molecule has 0 saturated heterocycles. The van der Waals surface area contributed by atoms with Gasteiger partial charge in [0.2, 0.25) is 0 Å². The van der Waals surface area contributed by atoms with Crippen molar-refractivity contribution in [3.05, 3.63) is 40.1 Å². The predicted molar refractivity (Wildman–Crippen MR) is 51.1 cm³/mol. The van der Waals surface area contributed by atoms with Gasteiger partial charge in [0.25, 0.3) is 5.69 Å². The third-order valence-electron chi connectivity index (χ3n) is 1.98. The van der Waals surface area contributed by atoms with Gasteiger partial charge in [-0.2, -0.15) is 0 Å². The molecule has 0 spiro atoms. The van der Waals surface area contributed by atoms with E-state index in [9.17, 15) is 10.1 Å². The maximum atomic E-state index is 10.6. The van der Waals surface area contributed by atoms with Crippen LogP contribution < -0.4 is 0 Å². The maximum Gasteiger partial charge on any atom is 0.270 e. The molecular weight excluding hydrogens is 198 g/mol. The van der Waals surface area contributed by atoms with E-state index in [1.807, 2.05) is 0 Å². The number of aryl methyl sites for hydroxylation is 1. The van der Waals surface area contributed by atoms with E-state index in [0.717, 1.165) is 0 Å². The highest BCUT2D eigenvalue weighted by Gasteiger charge is 2.12. The minimum atomic E-state index is -0.452. The smallest absolute Gasteiger partial charge is 0.258 e. The van der Waals surface area contributed by atoms with Crippen molar-refractivity contribution in [2.24, 2.45) is 0 Å². The van der Waals surface area contributed by atoms with Crippen molar-refractivity contribution < 1.29 is 9.55 Å². The molecule has 1 heterocycles. The molecule has 6 nitrogen and oxygen atoms in total. The normalized spacial score (nSPS) is 10.2. The molecule has 1 aromatic heterocycles. The van der Waals surface area contributed by atoms with Crippen LogP contribution in [0.3, 0.4) is 0 Å². The van der Waals surface area contributed by atoms with Crippen LogP contribution in [0.4, 0.5) is 5.69 Å². The SMILES string of the molecule is Cc1nonc1-c1cccc([N+](=O)[O-])c1. The summed E-state index contributed by atoms with van der Waals surface area (Å²) in [5, 5.41) is 17.8. The fraction of sp³-hybridized carbons (Fsp3) is 0.111. The van der Waals surface area contributed by atoms with Gasteiger partial charge in [-0.05, 0) is 12.1 Å². The lowest BCUT2D eigenvalue weighted by atomic mass is 10.1. The van der Waals surface area contributed by atoms with Crippen molar-refractivity contribution in [1.82, 2.24) is 10.3 Å². The second-order valence-corrected chi connectivity index (χ2v) is 3.01. The number of non-ortho nitro benzene ring substituents is 1. The van der Waals surface area contributed by atoms with Crippen LogP contribution in [0.15, 0.2) is 28.9 Å². The lowest BCUT2D eigenvalue weighted by Gasteiger charge is -1.95. The first-order valence-corrected chi connectivity index (χ1v) is 4.22. The minimum absolute atomic E-state index is 0.0231. The standard InChI is InChI=1S/C9H7N3O3/c1-6-9(11-15-10-6)7-3-2-4-8(5-7)12(13)14/h2-5H,1H3. The summed E-state index contributed by atoms with van der Waals surface area (Å²) in [7, 11) is 0. The van der Waals surface area contributed by atoms with E-state index in [1.165, 1.54) is 12.1 Å². The molecule has 0 fully saturated rings. The van der Waals surface area contributed by atoms with Crippen LogP contribution in [-0.2, 0) is 0 Å². The highest BCUT2D eigenvalue weighted by Crippen LogP contribution is 2.23. The second-order valence-electron chi connectivity index (χ2n) is 3.01. The molecule has 0 amide bonds. The number of hydrogen-bond donors (Lipinski definition) is 0. The number of benzene rings is 1. The van der Waals surface area contributed by atoms with Crippen LogP contribution in [-0.4, -0.2) is 15.2 Å². The second kappa shape index (κ2) is 3.49. The third-order valence-corrected chi connectivity index (χ3v) is 1.98. The lowest BCUT2D eigenvalue weighted by Crippen LogP contribution is -1.88. The Hall–Kier alpha value is -2.24. The Morgan fingerprint density at radius 1 is 1.40 bits per heavy atom. The fourth-order valence-electron chi connectivity index (χ4n) is 1.26. The predicted octanol–water partition coefficient (Wildman–Crippen LogP) is 1.95. The Kier molecular flexibility index (Phi) is 2.17. The average Bonchev–Trinajstić information content (AvgIpc) is 2.64. The summed E-state index contributed by atoms with van der Waals surface area (Å²) in [6, 6.07) is 6.18. The number of aromatic nitrogens is 2. The highest BCUT2D eigenvalue weighted by molar-refractivity contribution is 5.63. The first-order chi connectivity index (χ1) is 7.18. The summed E-state index contributed by atoms with van der Waals surface area (Å²) >= 11 is 0. The van der Waals surface area contributed by atoms with Gasteiger partial charge in [-0.3, -0.25) is 10.1 Å². The molecule has 1 aromatic carbocycles. The number of rotatable bonds is 2. The molecule has 0 radical (unpaired) electrons. The zero-order chi connectivity index (χ0) is 10.8. The quantitative estimate of drug-likeness (QED) is 0.552. The summed E-state index contributed by atoms with van der Waals surface area (Å²) in [6.45, 7) is 1.73. The largest absolute Gasteiger partial charge is 0.270 e. The van der Waals surface area contributed by atoms with E-state index < -0.39 is 4.92 Å². The van der Waals surface area contributed by atoms with Crippen LogP contribution in [0.25, 0.3) is 11.3 Å². The fourth-order valence-corrected chi connectivity index (χ4v) is 1.26. The van der Waals surface area contributed by atoms with Gasteiger partial charge in [-0.25, -0.2) is 4.63 Å². The van der Waals surface area contributed by atoms with Gasteiger partial charge in [0, 0.05) is 17.7 Å². The van der Waals surface area contributed by atoms with Crippen molar-refractivity contribution in [1.29, 1.82) is 0 Å². The number of nitro groups is 1. The van der Waals surface area contributed by atoms with Crippen LogP contribution in [0.2, 0.25) is 0 Å². The van der Waals surface area contributed by atoms with E-state index in [0.29, 0.717) is 17.0 Å². The first kappa shape index (κ1) is 9.32. The van der Waals surface area contributed by atoms with Crippen molar-refractivity contribution in [3.63, 3.8) is 0 Å². The Balaban J connectivity index is 2.50. The first-order valence-electron chi connectivity index (χ1n) is 4.22. The number of hydrogen-bond acceptors (Lipinski definition) is 5. The number of nitro benzene ring substituents is 1. The van der Waals surface area contributed by atoms with Gasteiger partial charge in [-0.15, -0.1) is 0 Å². The van der Waals surface area contributed by atoms with Crippen molar-refractivity contribution in [2.75, 3.05) is 0 Å². The molecule has 0 N–H and O–H groups in total. The van der Waals surface area contributed by atoms with Gasteiger partial charge in [-0.1, -0.05) is 17.3 Å². The van der Waals surface area contributed by atoms with Gasteiger partial charge in [0.05, 0.1) is 4.92 Å². The molecule has 15 heavy (non-hydrogen) atoms. The van der Waals surface area contributed by atoms with Crippen molar-refractivity contribution in [2.45, 2.75) is 6.92 Å². The Labute approximate surface area is 84.6 Å². The van der Waals surface area contributed by atoms with Gasteiger partial charge >= 0.3 is 0 Å². The topological polar surface area (TPSA) is 82.1 Å². The summed E-state index contributed by atoms with van der Waals surface area (Å²) in [4.78, 5) is 10.1. The van der Waals surface area contributed by atoms with Crippen LogP contribution in [0.1, 0.15) is 5.69 Å². The molecule has 0 unspecified atom stereocenters. The van der Waals surface area contributed by atoms with E-state index in [-0.39, 0.29) is 5.69 Å². The Bertz CT molecular complexity index is 507. The molecule has 2 rings (SSSR count). The Morgan fingerprint density at radius 2 is 2.20 bits per heavy atom. The molecule has 0 saturated carbocycles. The van der Waals surface area contributed by atoms with Gasteiger partial charge < -0.3 is 0 Å². The molecule has 0 aliphatic carbocycles. The molecule has 0 aliphatic heterocycles.